The Balaban J connectivity index is 1.69. The molecule has 5 nitrogen and oxygen atoms in total. The van der Waals surface area contributed by atoms with Crippen LogP contribution in [0.5, 0.6) is 0 Å². The van der Waals surface area contributed by atoms with Gasteiger partial charge < -0.3 is 19.9 Å². The molecule has 20 heavy (non-hydrogen) atoms. The number of ether oxygens (including phenoxy) is 2. The molecule has 4 atom stereocenters. The lowest BCUT2D eigenvalue weighted by Gasteiger charge is -2.17. The van der Waals surface area contributed by atoms with Crippen molar-refractivity contribution in [3.8, 4) is 0 Å². The van der Waals surface area contributed by atoms with E-state index in [4.69, 9.17) is 9.47 Å². The van der Waals surface area contributed by atoms with Crippen LogP contribution in [0.25, 0.3) is 0 Å². The molecule has 7 heteroatoms. The summed E-state index contributed by atoms with van der Waals surface area (Å²) in [7, 11) is 0. The zero-order valence-corrected chi connectivity index (χ0v) is 10.4. The largest absolute Gasteiger partial charge is 0.388 e. The quantitative estimate of drug-likeness (QED) is 0.816. The average Bonchev–Trinajstić information content (AvgIpc) is 2.97. The minimum atomic E-state index is -1.08. The number of hydrogen-bond donors (Lipinski definition) is 2. The number of rotatable bonds is 2. The Morgan fingerprint density at radius 3 is 2.70 bits per heavy atom. The number of benzene rings is 1. The third-order valence-electron chi connectivity index (χ3n) is 3.53. The van der Waals surface area contributed by atoms with Gasteiger partial charge in [0.2, 0.25) is 0 Å². The van der Waals surface area contributed by atoms with Crippen LogP contribution in [-0.4, -0.2) is 48.6 Å². The van der Waals surface area contributed by atoms with Crippen molar-refractivity contribution in [1.82, 2.24) is 5.32 Å². The monoisotopic (exact) mass is 285 g/mol. The molecule has 1 aromatic rings. The maximum atomic E-state index is 13.1. The third-order valence-corrected chi connectivity index (χ3v) is 3.53. The van der Waals surface area contributed by atoms with Crippen molar-refractivity contribution < 1.29 is 28.2 Å². The van der Waals surface area contributed by atoms with E-state index in [1.807, 2.05) is 0 Å². The molecule has 0 saturated carbocycles. The van der Waals surface area contributed by atoms with E-state index in [-0.39, 0.29) is 18.8 Å². The minimum Gasteiger partial charge on any atom is -0.388 e. The van der Waals surface area contributed by atoms with Crippen LogP contribution in [0.4, 0.5) is 8.78 Å². The lowest BCUT2D eigenvalue weighted by atomic mass is 10.1. The number of aliphatic hydroxyl groups is 1. The fourth-order valence-corrected chi connectivity index (χ4v) is 2.49. The van der Waals surface area contributed by atoms with E-state index >= 15 is 0 Å². The van der Waals surface area contributed by atoms with Crippen molar-refractivity contribution in [1.29, 1.82) is 0 Å². The number of nitrogens with one attached hydrogen (secondary N) is 1. The number of carbonyl (C=O) groups excluding carboxylic acids is 1. The molecule has 0 aliphatic carbocycles. The molecule has 108 valence electrons. The molecule has 0 spiro atoms. The van der Waals surface area contributed by atoms with Crippen LogP contribution in [0.2, 0.25) is 0 Å². The van der Waals surface area contributed by atoms with Gasteiger partial charge in [-0.2, -0.15) is 0 Å². The zero-order valence-electron chi connectivity index (χ0n) is 10.4. The van der Waals surface area contributed by atoms with Gasteiger partial charge in [-0.05, 0) is 18.2 Å². The Kier molecular flexibility index (Phi) is 3.41. The molecule has 1 aromatic carbocycles. The highest BCUT2D eigenvalue weighted by molar-refractivity contribution is 5.94. The molecule has 2 aliphatic heterocycles. The van der Waals surface area contributed by atoms with Gasteiger partial charge in [0.05, 0.1) is 19.3 Å². The molecule has 2 aliphatic rings. The fraction of sp³-hybridized carbons (Fsp3) is 0.462. The molecule has 0 unspecified atom stereocenters. The van der Waals surface area contributed by atoms with Crippen LogP contribution in [0.15, 0.2) is 18.2 Å². The number of aliphatic hydroxyl groups excluding tert-OH is 1. The smallest absolute Gasteiger partial charge is 0.251 e. The Hall–Kier alpha value is -1.57. The average molecular weight is 285 g/mol. The van der Waals surface area contributed by atoms with Gasteiger partial charge in [0.25, 0.3) is 5.91 Å². The second kappa shape index (κ2) is 5.08. The summed E-state index contributed by atoms with van der Waals surface area (Å²) in [4.78, 5) is 12.0. The van der Waals surface area contributed by atoms with Crippen molar-refractivity contribution in [2.24, 2.45) is 0 Å². The molecule has 2 saturated heterocycles. The van der Waals surface area contributed by atoms with Gasteiger partial charge in [-0.3, -0.25) is 4.79 Å². The van der Waals surface area contributed by atoms with Gasteiger partial charge in [-0.15, -0.1) is 0 Å². The highest BCUT2D eigenvalue weighted by atomic mass is 19.2. The summed E-state index contributed by atoms with van der Waals surface area (Å²) >= 11 is 0. The molecule has 2 heterocycles. The van der Waals surface area contributed by atoms with Gasteiger partial charge >= 0.3 is 0 Å². The van der Waals surface area contributed by atoms with E-state index < -0.39 is 41.9 Å². The topological polar surface area (TPSA) is 67.8 Å². The summed E-state index contributed by atoms with van der Waals surface area (Å²) in [5.74, 6) is -2.62. The highest BCUT2D eigenvalue weighted by Crippen LogP contribution is 2.27. The minimum absolute atomic E-state index is 0.0193. The number of hydrogen-bond acceptors (Lipinski definition) is 4. The summed E-state index contributed by atoms with van der Waals surface area (Å²) in [6.45, 7) is 0.370. The fourth-order valence-electron chi connectivity index (χ4n) is 2.49. The number of amides is 1. The Labute approximate surface area is 113 Å². The summed E-state index contributed by atoms with van der Waals surface area (Å²) < 4.78 is 36.6. The van der Waals surface area contributed by atoms with Crippen molar-refractivity contribution in [2.75, 3.05) is 13.2 Å². The molecule has 2 fully saturated rings. The van der Waals surface area contributed by atoms with E-state index in [1.165, 1.54) is 6.07 Å². The molecular formula is C13H13F2NO4. The first-order chi connectivity index (χ1) is 9.56. The standard InChI is InChI=1S/C13H13F2NO4/c14-7-2-1-6(3-8(7)15)13(18)16-9-4-19-12-10(17)5-20-11(9)12/h1-3,9-12,17H,4-5H2,(H,16,18)/t9-,10+,11+,12+/m0/s1. The van der Waals surface area contributed by atoms with Crippen LogP contribution in [0, 0.1) is 11.6 Å². The predicted octanol–water partition coefficient (Wildman–Crippen LogP) is 0.222. The van der Waals surface area contributed by atoms with Crippen LogP contribution >= 0.6 is 0 Å². The van der Waals surface area contributed by atoms with E-state index in [2.05, 4.69) is 5.32 Å². The van der Waals surface area contributed by atoms with Gasteiger partial charge in [0.1, 0.15) is 18.3 Å². The van der Waals surface area contributed by atoms with E-state index in [0.717, 1.165) is 12.1 Å². The second-order valence-electron chi connectivity index (χ2n) is 4.87. The first kappa shape index (κ1) is 13.4. The highest BCUT2D eigenvalue weighted by Gasteiger charge is 2.47. The van der Waals surface area contributed by atoms with Crippen molar-refractivity contribution >= 4 is 5.91 Å². The number of halogens is 2. The first-order valence-corrected chi connectivity index (χ1v) is 6.23. The van der Waals surface area contributed by atoms with Crippen molar-refractivity contribution in [3.05, 3.63) is 35.4 Å². The van der Waals surface area contributed by atoms with Gasteiger partial charge in [-0.1, -0.05) is 0 Å². The zero-order chi connectivity index (χ0) is 14.3. The van der Waals surface area contributed by atoms with Gasteiger partial charge in [0.15, 0.2) is 11.6 Å². The Morgan fingerprint density at radius 2 is 1.95 bits per heavy atom. The van der Waals surface area contributed by atoms with E-state index in [9.17, 15) is 18.7 Å². The molecule has 0 radical (unpaired) electrons. The van der Waals surface area contributed by atoms with E-state index in [1.54, 1.807) is 0 Å². The predicted molar refractivity (Wildman–Crippen MR) is 63.1 cm³/mol. The molecule has 0 bridgehead atoms. The summed E-state index contributed by atoms with van der Waals surface area (Å²) in [6, 6.07) is 2.51. The third kappa shape index (κ3) is 2.28. The van der Waals surface area contributed by atoms with Gasteiger partial charge in [0, 0.05) is 5.56 Å². The molecule has 2 N–H and O–H groups in total. The van der Waals surface area contributed by atoms with Crippen LogP contribution in [0.3, 0.4) is 0 Å². The van der Waals surface area contributed by atoms with Crippen LogP contribution in [-0.2, 0) is 9.47 Å². The van der Waals surface area contributed by atoms with Crippen molar-refractivity contribution in [3.63, 3.8) is 0 Å². The lowest BCUT2D eigenvalue weighted by Crippen LogP contribution is -2.44. The van der Waals surface area contributed by atoms with Gasteiger partial charge in [-0.25, -0.2) is 8.78 Å². The molecule has 3 rings (SSSR count). The second-order valence-corrected chi connectivity index (χ2v) is 4.87. The molecular weight excluding hydrogens is 272 g/mol. The number of fused-ring (bicyclic) bond motifs is 1. The molecule has 0 aromatic heterocycles. The summed E-state index contributed by atoms with van der Waals surface area (Å²) in [6.07, 6.45) is -1.57. The maximum absolute atomic E-state index is 13.1. The summed E-state index contributed by atoms with van der Waals surface area (Å²) in [5.41, 5.74) is 0.0193. The normalized spacial score (nSPS) is 32.1. The molecule has 1 amide bonds. The van der Waals surface area contributed by atoms with E-state index in [0.29, 0.717) is 0 Å². The Morgan fingerprint density at radius 1 is 1.20 bits per heavy atom. The van der Waals surface area contributed by atoms with Crippen LogP contribution in [0.1, 0.15) is 10.4 Å². The van der Waals surface area contributed by atoms with Crippen molar-refractivity contribution in [2.45, 2.75) is 24.4 Å². The first-order valence-electron chi connectivity index (χ1n) is 6.23. The van der Waals surface area contributed by atoms with Crippen LogP contribution < -0.4 is 5.32 Å². The lowest BCUT2D eigenvalue weighted by molar-refractivity contribution is 0.0178. The maximum Gasteiger partial charge on any atom is 0.251 e. The summed E-state index contributed by atoms with van der Waals surface area (Å²) in [5, 5.41) is 12.2. The Bertz CT molecular complexity index is 539. The number of carbonyl (C=O) groups is 1. The SMILES string of the molecule is O=C(N[C@H]1CO[C@H]2[C@@H]1OC[C@H]2O)c1ccc(F)c(F)c1.